The number of nitrogens with zero attached hydrogens (tertiary/aromatic N) is 2. The van der Waals surface area contributed by atoms with Crippen LogP contribution in [-0.2, 0) is 6.61 Å². The Hall–Kier alpha value is -1.13. The maximum absolute atomic E-state index is 6.14. The highest BCUT2D eigenvalue weighted by Gasteiger charge is 2.13. The average Bonchev–Trinajstić information content (AvgIpc) is 2.41. The topological polar surface area (TPSA) is 35.0 Å². The number of hydrogen-bond donors (Lipinski definition) is 0. The van der Waals surface area contributed by atoms with Crippen molar-refractivity contribution in [1.29, 1.82) is 0 Å². The van der Waals surface area contributed by atoms with Gasteiger partial charge >= 0.3 is 0 Å². The first kappa shape index (κ1) is 15.3. The Kier molecular flexibility index (Phi) is 5.00. The van der Waals surface area contributed by atoms with Gasteiger partial charge in [-0.1, -0.05) is 59.6 Å². The van der Waals surface area contributed by atoms with E-state index in [-0.39, 0.29) is 5.92 Å². The van der Waals surface area contributed by atoms with E-state index < -0.39 is 0 Å². The van der Waals surface area contributed by atoms with Crippen LogP contribution < -0.4 is 4.74 Å². The zero-order valence-electron chi connectivity index (χ0n) is 11.7. The molecule has 2 aromatic rings. The van der Waals surface area contributed by atoms with Gasteiger partial charge in [0.05, 0.1) is 0 Å². The largest absolute Gasteiger partial charge is 0.472 e. The van der Waals surface area contributed by atoms with Gasteiger partial charge in [-0.3, -0.25) is 0 Å². The zero-order chi connectivity index (χ0) is 14.7. The molecule has 0 unspecified atom stereocenters. The Bertz CT molecular complexity index is 617. The number of hydrogen-bond acceptors (Lipinski definition) is 3. The molecule has 0 aliphatic heterocycles. The van der Waals surface area contributed by atoms with Crippen LogP contribution in [0.25, 0.3) is 0 Å². The second-order valence-corrected chi connectivity index (χ2v) is 6.05. The molecule has 20 heavy (non-hydrogen) atoms. The van der Waals surface area contributed by atoms with Crippen LogP contribution in [0.2, 0.25) is 5.15 Å². The number of halogens is 2. The van der Waals surface area contributed by atoms with Crippen LogP contribution in [0.15, 0.2) is 28.7 Å². The lowest BCUT2D eigenvalue weighted by Crippen LogP contribution is -2.05. The molecule has 2 rings (SSSR count). The van der Waals surface area contributed by atoms with Crippen molar-refractivity contribution in [3.05, 3.63) is 50.8 Å². The standard InChI is InChI=1S/C15H16BrClN2O/c1-9(2)14-18-13(17)10(3)15(19-14)20-8-11-6-4-5-7-12(11)16/h4-7,9H,8H2,1-3H3. The minimum absolute atomic E-state index is 0.207. The van der Waals surface area contributed by atoms with E-state index in [0.29, 0.717) is 23.5 Å². The maximum atomic E-state index is 6.14. The number of benzene rings is 1. The Balaban J connectivity index is 2.23. The van der Waals surface area contributed by atoms with Crippen molar-refractivity contribution in [1.82, 2.24) is 9.97 Å². The molecule has 0 amide bonds. The van der Waals surface area contributed by atoms with E-state index in [1.807, 2.05) is 45.0 Å². The second-order valence-electron chi connectivity index (χ2n) is 4.84. The first-order valence-corrected chi connectivity index (χ1v) is 7.56. The highest BCUT2D eigenvalue weighted by atomic mass is 79.9. The molecule has 0 bridgehead atoms. The van der Waals surface area contributed by atoms with Gasteiger partial charge in [0, 0.05) is 21.5 Å². The van der Waals surface area contributed by atoms with Gasteiger partial charge in [0.25, 0.3) is 0 Å². The van der Waals surface area contributed by atoms with E-state index in [0.717, 1.165) is 15.6 Å². The fourth-order valence-electron chi connectivity index (χ4n) is 1.65. The van der Waals surface area contributed by atoms with Crippen molar-refractivity contribution in [2.75, 3.05) is 0 Å². The van der Waals surface area contributed by atoms with Gasteiger partial charge in [0.2, 0.25) is 5.88 Å². The van der Waals surface area contributed by atoms with Crippen molar-refractivity contribution in [3.8, 4) is 5.88 Å². The van der Waals surface area contributed by atoms with Crippen LogP contribution in [0.5, 0.6) is 5.88 Å². The molecule has 106 valence electrons. The van der Waals surface area contributed by atoms with Gasteiger partial charge in [-0.15, -0.1) is 0 Å². The van der Waals surface area contributed by atoms with E-state index in [9.17, 15) is 0 Å². The molecule has 0 N–H and O–H groups in total. The molecule has 1 aromatic heterocycles. The fourth-order valence-corrected chi connectivity index (χ4v) is 2.21. The Labute approximate surface area is 132 Å². The van der Waals surface area contributed by atoms with E-state index in [4.69, 9.17) is 16.3 Å². The maximum Gasteiger partial charge on any atom is 0.221 e. The molecule has 1 aromatic carbocycles. The Morgan fingerprint density at radius 3 is 2.60 bits per heavy atom. The highest BCUT2D eigenvalue weighted by Crippen LogP contribution is 2.26. The van der Waals surface area contributed by atoms with Gasteiger partial charge in [0.1, 0.15) is 17.6 Å². The van der Waals surface area contributed by atoms with Crippen LogP contribution in [0.4, 0.5) is 0 Å². The fraction of sp³-hybridized carbons (Fsp3) is 0.333. The predicted octanol–water partition coefficient (Wildman–Crippen LogP) is 4.90. The smallest absolute Gasteiger partial charge is 0.221 e. The summed E-state index contributed by atoms with van der Waals surface area (Å²) in [4.78, 5) is 8.71. The summed E-state index contributed by atoms with van der Waals surface area (Å²) in [6.45, 7) is 6.35. The quantitative estimate of drug-likeness (QED) is 0.731. The molecule has 0 saturated carbocycles. The van der Waals surface area contributed by atoms with E-state index in [2.05, 4.69) is 25.9 Å². The average molecular weight is 356 g/mol. The summed E-state index contributed by atoms with van der Waals surface area (Å²) in [5.41, 5.74) is 1.83. The van der Waals surface area contributed by atoms with Crippen LogP contribution >= 0.6 is 27.5 Å². The van der Waals surface area contributed by atoms with Gasteiger partial charge in [0.15, 0.2) is 0 Å². The van der Waals surface area contributed by atoms with Crippen LogP contribution in [0, 0.1) is 6.92 Å². The Morgan fingerprint density at radius 1 is 1.25 bits per heavy atom. The monoisotopic (exact) mass is 354 g/mol. The summed E-state index contributed by atoms with van der Waals surface area (Å²) in [5, 5.41) is 0.450. The van der Waals surface area contributed by atoms with Crippen LogP contribution in [-0.4, -0.2) is 9.97 Å². The third kappa shape index (κ3) is 3.49. The van der Waals surface area contributed by atoms with Gasteiger partial charge in [-0.2, -0.15) is 4.98 Å². The molecule has 0 radical (unpaired) electrons. The van der Waals surface area contributed by atoms with Crippen molar-refractivity contribution in [2.24, 2.45) is 0 Å². The lowest BCUT2D eigenvalue weighted by Gasteiger charge is -2.12. The molecule has 0 saturated heterocycles. The first-order valence-electron chi connectivity index (χ1n) is 6.39. The summed E-state index contributed by atoms with van der Waals surface area (Å²) in [7, 11) is 0. The third-order valence-electron chi connectivity index (χ3n) is 2.90. The van der Waals surface area contributed by atoms with E-state index in [1.165, 1.54) is 0 Å². The van der Waals surface area contributed by atoms with Crippen LogP contribution in [0.1, 0.15) is 36.7 Å². The SMILES string of the molecule is Cc1c(Cl)nc(C(C)C)nc1OCc1ccccc1Br. The lowest BCUT2D eigenvalue weighted by molar-refractivity contribution is 0.288. The molecular weight excluding hydrogens is 340 g/mol. The van der Waals surface area contributed by atoms with E-state index >= 15 is 0 Å². The molecule has 5 heteroatoms. The molecule has 0 aliphatic rings. The van der Waals surface area contributed by atoms with Crippen molar-refractivity contribution in [2.45, 2.75) is 33.3 Å². The first-order chi connectivity index (χ1) is 9.49. The summed E-state index contributed by atoms with van der Waals surface area (Å²) in [6.07, 6.45) is 0. The van der Waals surface area contributed by atoms with Crippen LogP contribution in [0.3, 0.4) is 0 Å². The molecule has 0 fully saturated rings. The summed E-state index contributed by atoms with van der Waals surface area (Å²) in [5.74, 6) is 1.45. The third-order valence-corrected chi connectivity index (χ3v) is 4.04. The normalized spacial score (nSPS) is 10.9. The minimum atomic E-state index is 0.207. The second kappa shape index (κ2) is 6.55. The highest BCUT2D eigenvalue weighted by molar-refractivity contribution is 9.10. The van der Waals surface area contributed by atoms with Crippen molar-refractivity contribution < 1.29 is 4.74 Å². The number of ether oxygens (including phenoxy) is 1. The molecule has 0 atom stereocenters. The Morgan fingerprint density at radius 2 is 1.95 bits per heavy atom. The molecule has 0 spiro atoms. The summed E-state index contributed by atoms with van der Waals surface area (Å²) in [6, 6.07) is 7.93. The molecular formula is C15H16BrClN2O. The van der Waals surface area contributed by atoms with Gasteiger partial charge in [-0.25, -0.2) is 4.98 Å². The predicted molar refractivity (Wildman–Crippen MR) is 84.3 cm³/mol. The molecule has 0 aliphatic carbocycles. The number of rotatable bonds is 4. The van der Waals surface area contributed by atoms with Gasteiger partial charge in [-0.05, 0) is 13.0 Å². The van der Waals surface area contributed by atoms with Crippen molar-refractivity contribution >= 4 is 27.5 Å². The minimum Gasteiger partial charge on any atom is -0.472 e. The van der Waals surface area contributed by atoms with E-state index in [1.54, 1.807) is 0 Å². The summed E-state index contributed by atoms with van der Waals surface area (Å²) >= 11 is 9.64. The summed E-state index contributed by atoms with van der Waals surface area (Å²) < 4.78 is 6.83. The molecule has 3 nitrogen and oxygen atoms in total. The van der Waals surface area contributed by atoms with Crippen molar-refractivity contribution in [3.63, 3.8) is 0 Å². The molecule has 1 heterocycles. The van der Waals surface area contributed by atoms with Gasteiger partial charge < -0.3 is 4.74 Å². The number of aromatic nitrogens is 2. The zero-order valence-corrected chi connectivity index (χ0v) is 14.0. The lowest BCUT2D eigenvalue weighted by atomic mass is 10.2.